The molecule has 1 amide bonds. The Kier molecular flexibility index (Phi) is 3.53. The van der Waals surface area contributed by atoms with Gasteiger partial charge in [0.1, 0.15) is 0 Å². The van der Waals surface area contributed by atoms with Crippen molar-refractivity contribution in [1.29, 1.82) is 0 Å². The molecule has 1 aromatic rings. The number of fused-ring (bicyclic) bond motifs is 2. The van der Waals surface area contributed by atoms with Gasteiger partial charge in [0, 0.05) is 5.69 Å². The van der Waals surface area contributed by atoms with Crippen molar-refractivity contribution in [2.45, 2.75) is 19.8 Å². The molecule has 0 saturated heterocycles. The van der Waals surface area contributed by atoms with Crippen LogP contribution >= 0.6 is 0 Å². The van der Waals surface area contributed by atoms with Crippen molar-refractivity contribution in [3.05, 3.63) is 42.0 Å². The second kappa shape index (κ2) is 5.35. The lowest BCUT2D eigenvalue weighted by Crippen LogP contribution is -2.36. The lowest BCUT2D eigenvalue weighted by Gasteiger charge is -2.23. The average Bonchev–Trinajstić information content (AvgIpc) is 3.07. The fourth-order valence-corrected chi connectivity index (χ4v) is 3.61. The minimum absolute atomic E-state index is 0.00484. The van der Waals surface area contributed by atoms with Crippen LogP contribution in [0.1, 0.15) is 18.9 Å². The molecule has 0 heterocycles. The van der Waals surface area contributed by atoms with Crippen molar-refractivity contribution in [2.24, 2.45) is 23.7 Å². The molecule has 0 unspecified atom stereocenters. The van der Waals surface area contributed by atoms with Gasteiger partial charge in [0.05, 0.1) is 11.8 Å². The number of amides is 1. The van der Waals surface area contributed by atoms with Gasteiger partial charge in [-0.25, -0.2) is 0 Å². The number of carbonyl (C=O) groups excluding carboxylic acids is 1. The molecule has 1 saturated carbocycles. The van der Waals surface area contributed by atoms with Gasteiger partial charge < -0.3 is 10.4 Å². The van der Waals surface area contributed by atoms with E-state index in [-0.39, 0.29) is 17.7 Å². The normalized spacial score (nSPS) is 29.6. The first-order valence-corrected chi connectivity index (χ1v) is 7.41. The van der Waals surface area contributed by atoms with E-state index in [4.69, 9.17) is 0 Å². The molecule has 2 aliphatic rings. The number of hydrogen-bond acceptors (Lipinski definition) is 2. The molecule has 1 fully saturated rings. The molecule has 110 valence electrons. The lowest BCUT2D eigenvalue weighted by molar-refractivity contribution is -0.146. The first-order valence-electron chi connectivity index (χ1n) is 7.41. The third kappa shape index (κ3) is 2.46. The van der Waals surface area contributed by atoms with Crippen molar-refractivity contribution in [3.8, 4) is 0 Å². The molecule has 2 aliphatic carbocycles. The highest BCUT2D eigenvalue weighted by molar-refractivity contribution is 5.96. The van der Waals surface area contributed by atoms with Crippen molar-refractivity contribution in [1.82, 2.24) is 0 Å². The number of carboxylic acids is 1. The number of benzene rings is 1. The van der Waals surface area contributed by atoms with Crippen LogP contribution in [-0.4, -0.2) is 17.0 Å². The molecule has 1 aromatic carbocycles. The van der Waals surface area contributed by atoms with Gasteiger partial charge in [0.15, 0.2) is 0 Å². The summed E-state index contributed by atoms with van der Waals surface area (Å²) in [7, 11) is 0. The average molecular weight is 285 g/mol. The van der Waals surface area contributed by atoms with Crippen molar-refractivity contribution >= 4 is 17.6 Å². The Morgan fingerprint density at radius 1 is 1.24 bits per heavy atom. The minimum Gasteiger partial charge on any atom is -0.481 e. The van der Waals surface area contributed by atoms with Gasteiger partial charge >= 0.3 is 5.97 Å². The Morgan fingerprint density at radius 3 is 2.62 bits per heavy atom. The van der Waals surface area contributed by atoms with E-state index < -0.39 is 17.8 Å². The predicted octanol–water partition coefficient (Wildman–Crippen LogP) is 2.71. The Morgan fingerprint density at radius 2 is 1.95 bits per heavy atom. The summed E-state index contributed by atoms with van der Waals surface area (Å²) in [5.74, 6) is -2.02. The molecule has 3 rings (SSSR count). The number of allylic oxidation sites excluding steroid dienone is 2. The van der Waals surface area contributed by atoms with Crippen molar-refractivity contribution < 1.29 is 14.7 Å². The third-order valence-electron chi connectivity index (χ3n) is 4.65. The summed E-state index contributed by atoms with van der Waals surface area (Å²) in [5.41, 5.74) is 1.89. The van der Waals surface area contributed by atoms with Crippen molar-refractivity contribution in [2.75, 3.05) is 5.32 Å². The largest absolute Gasteiger partial charge is 0.481 e. The summed E-state index contributed by atoms with van der Waals surface area (Å²) in [4.78, 5) is 24.0. The number of nitrogens with one attached hydrogen (secondary N) is 1. The van der Waals surface area contributed by atoms with E-state index in [1.54, 1.807) is 0 Å². The monoisotopic (exact) mass is 285 g/mol. The maximum atomic E-state index is 12.5. The van der Waals surface area contributed by atoms with Gasteiger partial charge in [-0.3, -0.25) is 9.59 Å². The van der Waals surface area contributed by atoms with E-state index in [9.17, 15) is 14.7 Å². The summed E-state index contributed by atoms with van der Waals surface area (Å²) in [5, 5.41) is 12.3. The SMILES string of the molecule is CCc1cccc(NC(=O)[C@H]2[C@@H](C(=O)O)[C@H]3C=C[C@H]2C3)c1. The quantitative estimate of drug-likeness (QED) is 0.836. The standard InChI is InChI=1S/C17H19NO3/c1-2-10-4-3-5-13(8-10)18-16(19)14-11-6-7-12(9-11)15(14)17(20)21/h3-8,11-12,14-15H,2,9H2,1H3,(H,18,19)(H,20,21)/t11-,12-,14+,15-/m0/s1. The molecule has 2 N–H and O–H groups in total. The van der Waals surface area contributed by atoms with Crippen LogP contribution in [0.3, 0.4) is 0 Å². The highest BCUT2D eigenvalue weighted by atomic mass is 16.4. The highest BCUT2D eigenvalue weighted by Crippen LogP contribution is 2.48. The van der Waals surface area contributed by atoms with Gasteiger partial charge in [-0.05, 0) is 42.4 Å². The first kappa shape index (κ1) is 13.9. The van der Waals surface area contributed by atoms with Crippen LogP contribution in [0.2, 0.25) is 0 Å². The number of hydrogen-bond donors (Lipinski definition) is 2. The smallest absolute Gasteiger partial charge is 0.307 e. The van der Waals surface area contributed by atoms with Gasteiger partial charge in [0.2, 0.25) is 5.91 Å². The maximum absolute atomic E-state index is 12.5. The zero-order valence-corrected chi connectivity index (χ0v) is 12.0. The Balaban J connectivity index is 1.78. The molecule has 2 bridgehead atoms. The second-order valence-corrected chi connectivity index (χ2v) is 5.88. The second-order valence-electron chi connectivity index (χ2n) is 5.88. The van der Waals surface area contributed by atoms with E-state index in [0.717, 1.165) is 24.1 Å². The zero-order chi connectivity index (χ0) is 15.0. The van der Waals surface area contributed by atoms with E-state index in [0.29, 0.717) is 0 Å². The number of aryl methyl sites for hydroxylation is 1. The fourth-order valence-electron chi connectivity index (χ4n) is 3.61. The van der Waals surface area contributed by atoms with Crippen LogP contribution < -0.4 is 5.32 Å². The Labute approximate surface area is 123 Å². The maximum Gasteiger partial charge on any atom is 0.307 e. The number of aliphatic carboxylic acids is 1. The number of anilines is 1. The summed E-state index contributed by atoms with van der Waals surface area (Å²) >= 11 is 0. The van der Waals surface area contributed by atoms with E-state index in [1.165, 1.54) is 0 Å². The zero-order valence-electron chi connectivity index (χ0n) is 12.0. The summed E-state index contributed by atoms with van der Waals surface area (Å²) in [6, 6.07) is 7.70. The lowest BCUT2D eigenvalue weighted by atomic mass is 9.82. The van der Waals surface area contributed by atoms with Crippen LogP contribution in [0.25, 0.3) is 0 Å². The molecule has 0 radical (unpaired) electrons. The van der Waals surface area contributed by atoms with Gasteiger partial charge in [0.25, 0.3) is 0 Å². The fraction of sp³-hybridized carbons (Fsp3) is 0.412. The minimum atomic E-state index is -0.866. The molecule has 4 nitrogen and oxygen atoms in total. The molecule has 0 spiro atoms. The topological polar surface area (TPSA) is 66.4 Å². The Hall–Kier alpha value is -2.10. The molecule has 4 heteroatoms. The van der Waals surface area contributed by atoms with Crippen LogP contribution in [0, 0.1) is 23.7 Å². The molecular weight excluding hydrogens is 266 g/mol. The summed E-state index contributed by atoms with van der Waals surface area (Å²) in [6.07, 6.45) is 5.63. The summed E-state index contributed by atoms with van der Waals surface area (Å²) in [6.45, 7) is 2.06. The van der Waals surface area contributed by atoms with Crippen LogP contribution in [0.15, 0.2) is 36.4 Å². The van der Waals surface area contributed by atoms with Gasteiger partial charge in [-0.15, -0.1) is 0 Å². The van der Waals surface area contributed by atoms with Gasteiger partial charge in [-0.1, -0.05) is 31.2 Å². The molecule has 0 aromatic heterocycles. The number of rotatable bonds is 4. The molecule has 4 atom stereocenters. The number of carboxylic acid groups (broad SMARTS) is 1. The van der Waals surface area contributed by atoms with E-state index in [1.807, 2.05) is 36.4 Å². The van der Waals surface area contributed by atoms with E-state index in [2.05, 4.69) is 12.2 Å². The Bertz CT molecular complexity index is 608. The first-order chi connectivity index (χ1) is 10.1. The highest BCUT2D eigenvalue weighted by Gasteiger charge is 2.51. The molecular formula is C17H19NO3. The van der Waals surface area contributed by atoms with Crippen LogP contribution in [0.4, 0.5) is 5.69 Å². The van der Waals surface area contributed by atoms with E-state index >= 15 is 0 Å². The molecule has 21 heavy (non-hydrogen) atoms. The third-order valence-corrected chi connectivity index (χ3v) is 4.65. The van der Waals surface area contributed by atoms with Crippen molar-refractivity contribution in [3.63, 3.8) is 0 Å². The van der Waals surface area contributed by atoms with Gasteiger partial charge in [-0.2, -0.15) is 0 Å². The number of carbonyl (C=O) groups is 2. The van der Waals surface area contributed by atoms with Crippen LogP contribution in [-0.2, 0) is 16.0 Å². The summed E-state index contributed by atoms with van der Waals surface area (Å²) < 4.78 is 0. The van der Waals surface area contributed by atoms with Crippen LogP contribution in [0.5, 0.6) is 0 Å². The molecule has 0 aliphatic heterocycles. The predicted molar refractivity (Wildman–Crippen MR) is 79.8 cm³/mol.